The molecule has 2 rings (SSSR count). The minimum Gasteiger partial charge on any atom is -0.372 e. The average Bonchev–Trinajstić information content (AvgIpc) is 3.01. The summed E-state index contributed by atoms with van der Waals surface area (Å²) in [6, 6.07) is 13.0. The normalized spacial score (nSPS) is 14.1. The highest BCUT2D eigenvalue weighted by Crippen LogP contribution is 2.24. The lowest BCUT2D eigenvalue weighted by atomic mass is 9.97. The van der Waals surface area contributed by atoms with Gasteiger partial charge in [0.2, 0.25) is 0 Å². The fourth-order valence-electron chi connectivity index (χ4n) is 2.47. The molecule has 0 aliphatic rings. The van der Waals surface area contributed by atoms with Crippen LogP contribution in [0.3, 0.4) is 0 Å². The zero-order valence-corrected chi connectivity index (χ0v) is 13.0. The summed E-state index contributed by atoms with van der Waals surface area (Å²) in [5.74, 6) is 0. The summed E-state index contributed by atoms with van der Waals surface area (Å²) in [4.78, 5) is 0. The molecule has 108 valence electrons. The van der Waals surface area contributed by atoms with Gasteiger partial charge < -0.3 is 10.1 Å². The lowest BCUT2D eigenvalue weighted by Crippen LogP contribution is -2.34. The molecule has 2 atom stereocenters. The van der Waals surface area contributed by atoms with Crippen molar-refractivity contribution in [3.63, 3.8) is 0 Å². The van der Waals surface area contributed by atoms with E-state index in [0.717, 1.165) is 19.4 Å². The molecule has 1 heterocycles. The molecule has 0 fully saturated rings. The number of hydrogen-bond acceptors (Lipinski definition) is 3. The van der Waals surface area contributed by atoms with Crippen molar-refractivity contribution in [2.45, 2.75) is 31.9 Å². The molecule has 0 bridgehead atoms. The Morgan fingerprint density at radius 3 is 2.60 bits per heavy atom. The lowest BCUT2D eigenvalue weighted by molar-refractivity contribution is 0.0330. The molecule has 0 spiro atoms. The summed E-state index contributed by atoms with van der Waals surface area (Å²) >= 11 is 1.76. The molecule has 3 heteroatoms. The Bertz CT molecular complexity index is 469. The van der Waals surface area contributed by atoms with E-state index in [2.05, 4.69) is 53.3 Å². The van der Waals surface area contributed by atoms with Crippen LogP contribution in [0.25, 0.3) is 0 Å². The maximum absolute atomic E-state index is 5.99. The third-order valence-corrected chi connectivity index (χ3v) is 4.27. The Balaban J connectivity index is 2.05. The van der Waals surface area contributed by atoms with E-state index >= 15 is 0 Å². The molecule has 0 amide bonds. The fraction of sp³-hybridized carbons (Fsp3) is 0.412. The summed E-state index contributed by atoms with van der Waals surface area (Å²) in [6.07, 6.45) is 2.28. The molecular formula is C17H23NOS. The number of nitrogens with one attached hydrogen (secondary N) is 1. The first-order valence-corrected chi connectivity index (χ1v) is 8.14. The van der Waals surface area contributed by atoms with E-state index in [-0.39, 0.29) is 6.10 Å². The third-order valence-electron chi connectivity index (χ3n) is 3.53. The van der Waals surface area contributed by atoms with Crippen molar-refractivity contribution in [2.24, 2.45) is 0 Å². The van der Waals surface area contributed by atoms with Crippen LogP contribution in [0.4, 0.5) is 0 Å². The van der Waals surface area contributed by atoms with Gasteiger partial charge in [-0.3, -0.25) is 0 Å². The van der Waals surface area contributed by atoms with Crippen molar-refractivity contribution in [3.8, 4) is 0 Å². The Morgan fingerprint density at radius 1 is 1.20 bits per heavy atom. The second-order valence-electron chi connectivity index (χ2n) is 4.85. The molecule has 2 nitrogen and oxygen atoms in total. The smallest absolute Gasteiger partial charge is 0.0977 e. The summed E-state index contributed by atoms with van der Waals surface area (Å²) in [6.45, 7) is 2.79. The number of likely N-dealkylation sites (N-methyl/N-ethyl adjacent to an activating group) is 1. The van der Waals surface area contributed by atoms with Crippen LogP contribution in [0.1, 0.15) is 30.6 Å². The van der Waals surface area contributed by atoms with E-state index in [0.29, 0.717) is 6.04 Å². The van der Waals surface area contributed by atoms with Gasteiger partial charge >= 0.3 is 0 Å². The molecule has 2 aromatic rings. The van der Waals surface area contributed by atoms with Gasteiger partial charge in [0.25, 0.3) is 0 Å². The van der Waals surface area contributed by atoms with E-state index in [9.17, 15) is 0 Å². The van der Waals surface area contributed by atoms with Gasteiger partial charge in [-0.05, 0) is 54.8 Å². The van der Waals surface area contributed by atoms with Crippen LogP contribution in [0.5, 0.6) is 0 Å². The number of rotatable bonds is 8. The second kappa shape index (κ2) is 8.20. The first kappa shape index (κ1) is 15.2. The maximum atomic E-state index is 5.99. The third kappa shape index (κ3) is 4.17. The summed E-state index contributed by atoms with van der Waals surface area (Å²) in [5.41, 5.74) is 2.66. The maximum Gasteiger partial charge on any atom is 0.0977 e. The zero-order valence-electron chi connectivity index (χ0n) is 12.2. The molecule has 0 saturated heterocycles. The highest BCUT2D eigenvalue weighted by atomic mass is 32.1. The van der Waals surface area contributed by atoms with E-state index < -0.39 is 0 Å². The van der Waals surface area contributed by atoms with E-state index in [1.165, 1.54) is 11.1 Å². The van der Waals surface area contributed by atoms with Crippen LogP contribution in [0, 0.1) is 0 Å². The summed E-state index contributed by atoms with van der Waals surface area (Å²) < 4.78 is 5.99. The Morgan fingerprint density at radius 2 is 2.00 bits per heavy atom. The van der Waals surface area contributed by atoms with Crippen LogP contribution in [-0.4, -0.2) is 19.7 Å². The van der Waals surface area contributed by atoms with Gasteiger partial charge in [-0.1, -0.05) is 30.3 Å². The predicted molar refractivity (Wildman–Crippen MR) is 86.3 cm³/mol. The quantitative estimate of drug-likeness (QED) is 0.791. The number of ether oxygens (including phenoxy) is 1. The molecule has 20 heavy (non-hydrogen) atoms. The van der Waals surface area contributed by atoms with Gasteiger partial charge in [0.05, 0.1) is 6.10 Å². The monoisotopic (exact) mass is 289 g/mol. The standard InChI is InChI=1S/C17H23NOS/c1-3-19-17(15-7-5-4-6-8-15)16(18-2)10-9-14-11-12-20-13-14/h4-8,11-13,16-18H,3,9-10H2,1-2H3. The van der Waals surface area contributed by atoms with Crippen LogP contribution >= 0.6 is 11.3 Å². The van der Waals surface area contributed by atoms with Gasteiger partial charge in [0.15, 0.2) is 0 Å². The Labute approximate surface area is 125 Å². The van der Waals surface area contributed by atoms with Crippen LogP contribution in [-0.2, 0) is 11.2 Å². The first-order chi connectivity index (χ1) is 9.85. The zero-order chi connectivity index (χ0) is 14.2. The largest absolute Gasteiger partial charge is 0.372 e. The van der Waals surface area contributed by atoms with Crippen molar-refractivity contribution >= 4 is 11.3 Å². The van der Waals surface area contributed by atoms with Crippen molar-refractivity contribution in [1.29, 1.82) is 0 Å². The topological polar surface area (TPSA) is 21.3 Å². The minimum absolute atomic E-state index is 0.116. The minimum atomic E-state index is 0.116. The highest BCUT2D eigenvalue weighted by molar-refractivity contribution is 7.07. The molecule has 0 saturated carbocycles. The molecular weight excluding hydrogens is 266 g/mol. The molecule has 1 aromatic carbocycles. The molecule has 0 radical (unpaired) electrons. The van der Waals surface area contributed by atoms with Gasteiger partial charge in [-0.25, -0.2) is 0 Å². The molecule has 1 N–H and O–H groups in total. The van der Waals surface area contributed by atoms with Crippen LogP contribution < -0.4 is 5.32 Å². The Kier molecular flexibility index (Phi) is 6.25. The predicted octanol–water partition coefficient (Wildman–Crippen LogP) is 4.05. The lowest BCUT2D eigenvalue weighted by Gasteiger charge is -2.27. The summed E-state index contributed by atoms with van der Waals surface area (Å²) in [7, 11) is 2.02. The number of aryl methyl sites for hydroxylation is 1. The molecule has 0 aliphatic carbocycles. The highest BCUT2D eigenvalue weighted by Gasteiger charge is 2.21. The number of hydrogen-bond donors (Lipinski definition) is 1. The van der Waals surface area contributed by atoms with Gasteiger partial charge in [0.1, 0.15) is 0 Å². The van der Waals surface area contributed by atoms with Crippen molar-refractivity contribution < 1.29 is 4.74 Å². The molecule has 1 aromatic heterocycles. The fourth-order valence-corrected chi connectivity index (χ4v) is 3.17. The van der Waals surface area contributed by atoms with Gasteiger partial charge in [-0.15, -0.1) is 0 Å². The van der Waals surface area contributed by atoms with Crippen LogP contribution in [0.15, 0.2) is 47.2 Å². The van der Waals surface area contributed by atoms with Crippen molar-refractivity contribution in [1.82, 2.24) is 5.32 Å². The van der Waals surface area contributed by atoms with E-state index in [4.69, 9.17) is 4.74 Å². The second-order valence-corrected chi connectivity index (χ2v) is 5.63. The van der Waals surface area contributed by atoms with Gasteiger partial charge in [-0.2, -0.15) is 11.3 Å². The SMILES string of the molecule is CCOC(c1ccccc1)C(CCc1ccsc1)NC. The van der Waals surface area contributed by atoms with Crippen LogP contribution in [0.2, 0.25) is 0 Å². The average molecular weight is 289 g/mol. The van der Waals surface area contributed by atoms with Crippen molar-refractivity contribution in [3.05, 3.63) is 58.3 Å². The van der Waals surface area contributed by atoms with E-state index in [1.807, 2.05) is 13.1 Å². The summed E-state index contributed by atoms with van der Waals surface area (Å²) in [5, 5.41) is 7.79. The van der Waals surface area contributed by atoms with Crippen molar-refractivity contribution in [2.75, 3.05) is 13.7 Å². The number of thiophene rings is 1. The van der Waals surface area contributed by atoms with E-state index in [1.54, 1.807) is 11.3 Å². The Hall–Kier alpha value is -1.16. The molecule has 2 unspecified atom stereocenters. The molecule has 0 aliphatic heterocycles. The van der Waals surface area contributed by atoms with Gasteiger partial charge in [0, 0.05) is 12.6 Å². The number of benzene rings is 1. The first-order valence-electron chi connectivity index (χ1n) is 7.20.